The number of benzene rings is 1. The second-order valence-electron chi connectivity index (χ2n) is 5.47. The van der Waals surface area contributed by atoms with Crippen molar-refractivity contribution in [2.45, 2.75) is 31.7 Å². The predicted octanol–water partition coefficient (Wildman–Crippen LogP) is 1.97. The van der Waals surface area contributed by atoms with Crippen LogP contribution in [0.3, 0.4) is 0 Å². The van der Waals surface area contributed by atoms with E-state index in [9.17, 15) is 5.11 Å². The van der Waals surface area contributed by atoms with E-state index in [0.717, 1.165) is 26.2 Å². The van der Waals surface area contributed by atoms with E-state index in [4.69, 9.17) is 0 Å². The largest absolute Gasteiger partial charge is 0.394 e. The van der Waals surface area contributed by atoms with Crippen LogP contribution in [0.2, 0.25) is 0 Å². The zero-order valence-electron chi connectivity index (χ0n) is 11.9. The van der Waals surface area contributed by atoms with Gasteiger partial charge in [0.25, 0.3) is 0 Å². The van der Waals surface area contributed by atoms with Gasteiger partial charge in [0, 0.05) is 6.54 Å². The van der Waals surface area contributed by atoms with E-state index in [0.29, 0.717) is 0 Å². The number of nitrogens with zero attached hydrogens (tertiary/aromatic N) is 1. The van der Waals surface area contributed by atoms with E-state index in [1.165, 1.54) is 24.8 Å². The number of hydrogen-bond donors (Lipinski definition) is 2. The number of hydrogen-bond acceptors (Lipinski definition) is 3. The van der Waals surface area contributed by atoms with Crippen molar-refractivity contribution in [3.8, 4) is 0 Å². The van der Waals surface area contributed by atoms with Crippen LogP contribution in [0, 0.1) is 0 Å². The van der Waals surface area contributed by atoms with E-state index in [1.807, 2.05) is 18.2 Å². The molecule has 1 aliphatic rings. The summed E-state index contributed by atoms with van der Waals surface area (Å²) in [7, 11) is 0. The van der Waals surface area contributed by atoms with Gasteiger partial charge in [0.1, 0.15) is 0 Å². The topological polar surface area (TPSA) is 35.5 Å². The maximum atomic E-state index is 10.0. The second kappa shape index (κ2) is 7.04. The minimum Gasteiger partial charge on any atom is -0.394 e. The van der Waals surface area contributed by atoms with Crippen molar-refractivity contribution in [3.05, 3.63) is 35.9 Å². The molecule has 1 unspecified atom stereocenters. The van der Waals surface area contributed by atoms with E-state index < -0.39 is 0 Å². The molecule has 0 bridgehead atoms. The molecule has 1 heterocycles. The number of aliphatic hydroxyl groups excluding tert-OH is 1. The number of likely N-dealkylation sites (N-methyl/N-ethyl adjacent to an activating group) is 1. The van der Waals surface area contributed by atoms with Crippen molar-refractivity contribution < 1.29 is 5.11 Å². The standard InChI is InChI=1S/C16H26N2O/c1-2-17-16(14-19,15-9-5-3-6-10-15)13-18-11-7-4-8-12-18/h3,5-6,9-10,17,19H,2,4,7-8,11-14H2,1H3. The molecular formula is C16H26N2O. The third kappa shape index (κ3) is 3.56. The normalized spacial score (nSPS) is 20.1. The third-order valence-corrected chi connectivity index (χ3v) is 4.05. The summed E-state index contributed by atoms with van der Waals surface area (Å²) in [5.74, 6) is 0. The van der Waals surface area contributed by atoms with E-state index in [1.54, 1.807) is 0 Å². The molecule has 0 saturated carbocycles. The molecule has 1 aromatic rings. The number of likely N-dealkylation sites (tertiary alicyclic amines) is 1. The van der Waals surface area contributed by atoms with E-state index in [-0.39, 0.29) is 12.1 Å². The molecule has 0 radical (unpaired) electrons. The Kier molecular flexibility index (Phi) is 5.37. The van der Waals surface area contributed by atoms with Gasteiger partial charge in [0.15, 0.2) is 0 Å². The summed E-state index contributed by atoms with van der Waals surface area (Å²) in [6, 6.07) is 10.4. The summed E-state index contributed by atoms with van der Waals surface area (Å²) in [6.45, 7) is 6.30. The molecule has 0 amide bonds. The number of nitrogens with one attached hydrogen (secondary N) is 1. The van der Waals surface area contributed by atoms with Crippen LogP contribution in [0.1, 0.15) is 31.7 Å². The molecule has 2 N–H and O–H groups in total. The molecular weight excluding hydrogens is 236 g/mol. The highest BCUT2D eigenvalue weighted by Gasteiger charge is 2.33. The fourth-order valence-corrected chi connectivity index (χ4v) is 3.04. The molecule has 1 fully saturated rings. The first-order chi connectivity index (χ1) is 9.30. The minimum atomic E-state index is -0.326. The zero-order valence-corrected chi connectivity index (χ0v) is 11.9. The average molecular weight is 262 g/mol. The Morgan fingerprint density at radius 1 is 1.16 bits per heavy atom. The molecule has 0 spiro atoms. The van der Waals surface area contributed by atoms with Gasteiger partial charge in [0.05, 0.1) is 12.1 Å². The zero-order chi connectivity index (χ0) is 13.6. The first-order valence-electron chi connectivity index (χ1n) is 7.44. The average Bonchev–Trinajstić information content (AvgIpc) is 2.49. The summed E-state index contributed by atoms with van der Waals surface area (Å²) in [5.41, 5.74) is 0.859. The Morgan fingerprint density at radius 2 is 1.84 bits per heavy atom. The van der Waals surface area contributed by atoms with Crippen LogP contribution < -0.4 is 5.32 Å². The third-order valence-electron chi connectivity index (χ3n) is 4.05. The fraction of sp³-hybridized carbons (Fsp3) is 0.625. The van der Waals surface area contributed by atoms with Crippen molar-refractivity contribution in [3.63, 3.8) is 0 Å². The summed E-state index contributed by atoms with van der Waals surface area (Å²) < 4.78 is 0. The molecule has 1 aromatic carbocycles. The van der Waals surface area contributed by atoms with Crippen LogP contribution in [0.15, 0.2) is 30.3 Å². The Morgan fingerprint density at radius 3 is 2.42 bits per heavy atom. The predicted molar refractivity (Wildman–Crippen MR) is 79.2 cm³/mol. The van der Waals surface area contributed by atoms with Crippen LogP contribution in [0.5, 0.6) is 0 Å². The lowest BCUT2D eigenvalue weighted by Crippen LogP contribution is -2.54. The van der Waals surface area contributed by atoms with Crippen molar-refractivity contribution in [2.24, 2.45) is 0 Å². The van der Waals surface area contributed by atoms with Crippen molar-refractivity contribution >= 4 is 0 Å². The molecule has 106 valence electrons. The highest BCUT2D eigenvalue weighted by Crippen LogP contribution is 2.24. The lowest BCUT2D eigenvalue weighted by atomic mass is 9.89. The molecule has 2 rings (SSSR count). The van der Waals surface area contributed by atoms with Gasteiger partial charge in [-0.05, 0) is 38.0 Å². The first kappa shape index (κ1) is 14.5. The SMILES string of the molecule is CCNC(CO)(CN1CCCCC1)c1ccccc1. The van der Waals surface area contributed by atoms with Gasteiger partial charge < -0.3 is 15.3 Å². The van der Waals surface area contributed by atoms with Crippen molar-refractivity contribution in [2.75, 3.05) is 32.8 Å². The summed E-state index contributed by atoms with van der Waals surface area (Å²) >= 11 is 0. The lowest BCUT2D eigenvalue weighted by molar-refractivity contribution is 0.0970. The van der Waals surface area contributed by atoms with Gasteiger partial charge in [-0.15, -0.1) is 0 Å². The molecule has 0 aliphatic carbocycles. The van der Waals surface area contributed by atoms with Gasteiger partial charge >= 0.3 is 0 Å². The molecule has 3 heteroatoms. The van der Waals surface area contributed by atoms with Crippen molar-refractivity contribution in [1.29, 1.82) is 0 Å². The van der Waals surface area contributed by atoms with E-state index in [2.05, 4.69) is 29.3 Å². The first-order valence-corrected chi connectivity index (χ1v) is 7.44. The smallest absolute Gasteiger partial charge is 0.0797 e. The van der Waals surface area contributed by atoms with Crippen LogP contribution >= 0.6 is 0 Å². The second-order valence-corrected chi connectivity index (χ2v) is 5.47. The number of rotatable bonds is 6. The van der Waals surface area contributed by atoms with Gasteiger partial charge in [-0.2, -0.15) is 0 Å². The number of piperidine rings is 1. The Hall–Kier alpha value is -0.900. The van der Waals surface area contributed by atoms with Crippen LogP contribution in [0.4, 0.5) is 0 Å². The maximum absolute atomic E-state index is 10.0. The molecule has 1 saturated heterocycles. The van der Waals surface area contributed by atoms with Crippen LogP contribution in [-0.2, 0) is 5.54 Å². The van der Waals surface area contributed by atoms with Crippen LogP contribution in [-0.4, -0.2) is 42.8 Å². The molecule has 1 atom stereocenters. The molecule has 3 nitrogen and oxygen atoms in total. The van der Waals surface area contributed by atoms with E-state index >= 15 is 0 Å². The Bertz CT molecular complexity index is 362. The summed E-state index contributed by atoms with van der Waals surface area (Å²) in [6.07, 6.45) is 3.90. The molecule has 19 heavy (non-hydrogen) atoms. The minimum absolute atomic E-state index is 0.140. The van der Waals surface area contributed by atoms with Gasteiger partial charge in [-0.25, -0.2) is 0 Å². The summed E-state index contributed by atoms with van der Waals surface area (Å²) in [5, 5.41) is 13.5. The number of aliphatic hydroxyl groups is 1. The molecule has 1 aliphatic heterocycles. The maximum Gasteiger partial charge on any atom is 0.0797 e. The quantitative estimate of drug-likeness (QED) is 0.823. The van der Waals surface area contributed by atoms with Crippen molar-refractivity contribution in [1.82, 2.24) is 10.2 Å². The molecule has 0 aromatic heterocycles. The van der Waals surface area contributed by atoms with Gasteiger partial charge in [-0.3, -0.25) is 0 Å². The Balaban J connectivity index is 2.18. The van der Waals surface area contributed by atoms with Crippen LogP contribution in [0.25, 0.3) is 0 Å². The highest BCUT2D eigenvalue weighted by molar-refractivity contribution is 5.25. The fourth-order valence-electron chi connectivity index (χ4n) is 3.04. The van der Waals surface area contributed by atoms with Gasteiger partial charge in [-0.1, -0.05) is 43.7 Å². The lowest BCUT2D eigenvalue weighted by Gasteiger charge is -2.39. The van der Waals surface area contributed by atoms with Gasteiger partial charge in [0.2, 0.25) is 0 Å². The Labute approximate surface area is 116 Å². The highest BCUT2D eigenvalue weighted by atomic mass is 16.3. The monoisotopic (exact) mass is 262 g/mol. The summed E-state index contributed by atoms with van der Waals surface area (Å²) in [4.78, 5) is 2.48.